The molecule has 0 spiro atoms. The fraction of sp³-hybridized carbons (Fsp3) is 0.826. The van der Waals surface area contributed by atoms with E-state index in [0.717, 1.165) is 6.42 Å². The summed E-state index contributed by atoms with van der Waals surface area (Å²) in [7, 11) is 0. The zero-order valence-electron chi connectivity index (χ0n) is 21.0. The molecular weight excluding hydrogens is 426 g/mol. The maximum atomic E-state index is 13.1. The molecule has 0 aliphatic heterocycles. The van der Waals surface area contributed by atoms with Crippen molar-refractivity contribution in [3.8, 4) is 0 Å². The number of carbonyl (C=O) groups is 4. The smallest absolute Gasteiger partial charge is 0.326 e. The Bertz CT molecular complexity index is 643. The molecule has 0 saturated carbocycles. The summed E-state index contributed by atoms with van der Waals surface area (Å²) in [5.74, 6) is -3.19. The van der Waals surface area contributed by atoms with Crippen molar-refractivity contribution in [2.45, 2.75) is 97.8 Å². The second kappa shape index (κ2) is 15.6. The molecule has 0 aliphatic rings. The van der Waals surface area contributed by atoms with Crippen LogP contribution >= 0.6 is 0 Å². The molecule has 0 bridgehead atoms. The lowest BCUT2D eigenvalue weighted by atomic mass is 9.95. The van der Waals surface area contributed by atoms with Crippen LogP contribution in [0, 0.1) is 17.8 Å². The van der Waals surface area contributed by atoms with Crippen LogP contribution in [0.4, 0.5) is 0 Å². The van der Waals surface area contributed by atoms with Crippen LogP contribution in [0.15, 0.2) is 0 Å². The molecule has 3 amide bonds. The van der Waals surface area contributed by atoms with E-state index in [4.69, 9.17) is 11.5 Å². The summed E-state index contributed by atoms with van der Waals surface area (Å²) >= 11 is 0. The number of aliphatic carboxylic acids is 1. The van der Waals surface area contributed by atoms with Crippen molar-refractivity contribution in [3.05, 3.63) is 0 Å². The normalized spacial score (nSPS) is 16.8. The Morgan fingerprint density at radius 3 is 1.76 bits per heavy atom. The summed E-state index contributed by atoms with van der Waals surface area (Å²) in [6.45, 7) is 11.5. The van der Waals surface area contributed by atoms with Crippen molar-refractivity contribution >= 4 is 23.7 Å². The van der Waals surface area contributed by atoms with Crippen molar-refractivity contribution in [1.82, 2.24) is 16.0 Å². The minimum absolute atomic E-state index is 0.0493. The minimum atomic E-state index is -1.14. The summed E-state index contributed by atoms with van der Waals surface area (Å²) in [6, 6.07) is -3.64. The van der Waals surface area contributed by atoms with E-state index in [1.807, 2.05) is 20.8 Å². The molecular formula is C23H45N5O5. The third-order valence-electron chi connectivity index (χ3n) is 6.16. The highest BCUT2D eigenvalue weighted by atomic mass is 16.4. The average Bonchev–Trinajstić information content (AvgIpc) is 2.77. The lowest BCUT2D eigenvalue weighted by molar-refractivity contribution is -0.143. The van der Waals surface area contributed by atoms with E-state index in [1.165, 1.54) is 0 Å². The van der Waals surface area contributed by atoms with E-state index in [2.05, 4.69) is 16.0 Å². The fourth-order valence-corrected chi connectivity index (χ4v) is 3.25. The first-order chi connectivity index (χ1) is 15.4. The number of amides is 3. The van der Waals surface area contributed by atoms with Gasteiger partial charge in [-0.2, -0.15) is 0 Å². The first-order valence-electron chi connectivity index (χ1n) is 12.0. The molecule has 192 valence electrons. The number of nitrogens with one attached hydrogen (secondary N) is 3. The van der Waals surface area contributed by atoms with Gasteiger partial charge in [0, 0.05) is 0 Å². The molecule has 6 atom stereocenters. The maximum Gasteiger partial charge on any atom is 0.326 e. The van der Waals surface area contributed by atoms with E-state index in [0.29, 0.717) is 25.8 Å². The monoisotopic (exact) mass is 471 g/mol. The highest BCUT2D eigenvalue weighted by Crippen LogP contribution is 2.12. The lowest BCUT2D eigenvalue weighted by Crippen LogP contribution is -2.60. The van der Waals surface area contributed by atoms with E-state index >= 15 is 0 Å². The number of rotatable bonds is 16. The Morgan fingerprint density at radius 1 is 0.788 bits per heavy atom. The SMILES string of the molecule is CCC(C)C(N)C(=O)NC(C(=O)NC(C(=O)NC(CCCCN)C(=O)O)C(C)CC)C(C)C. The van der Waals surface area contributed by atoms with Gasteiger partial charge in [-0.25, -0.2) is 4.79 Å². The topological polar surface area (TPSA) is 177 Å². The van der Waals surface area contributed by atoms with Crippen molar-refractivity contribution < 1.29 is 24.3 Å². The van der Waals surface area contributed by atoms with Crippen LogP contribution in [0.3, 0.4) is 0 Å². The Labute approximate surface area is 198 Å². The molecule has 33 heavy (non-hydrogen) atoms. The Hall–Kier alpha value is -2.20. The second-order valence-electron chi connectivity index (χ2n) is 9.20. The van der Waals surface area contributed by atoms with Gasteiger partial charge in [0.15, 0.2) is 0 Å². The van der Waals surface area contributed by atoms with Crippen LogP contribution in [-0.2, 0) is 19.2 Å². The summed E-state index contributed by atoms with van der Waals surface area (Å²) in [4.78, 5) is 50.2. The summed E-state index contributed by atoms with van der Waals surface area (Å²) in [5, 5.41) is 17.5. The van der Waals surface area contributed by atoms with Crippen molar-refractivity contribution in [3.63, 3.8) is 0 Å². The number of nitrogens with two attached hydrogens (primary N) is 2. The minimum Gasteiger partial charge on any atom is -0.480 e. The average molecular weight is 472 g/mol. The number of carboxylic acids is 1. The van der Waals surface area contributed by atoms with Gasteiger partial charge in [-0.15, -0.1) is 0 Å². The van der Waals surface area contributed by atoms with Crippen LogP contribution in [0.2, 0.25) is 0 Å². The molecule has 0 aromatic carbocycles. The molecule has 0 aromatic rings. The van der Waals surface area contributed by atoms with Gasteiger partial charge in [0.05, 0.1) is 6.04 Å². The molecule has 6 unspecified atom stereocenters. The first-order valence-corrected chi connectivity index (χ1v) is 12.0. The van der Waals surface area contributed by atoms with Crippen molar-refractivity contribution in [2.75, 3.05) is 6.54 Å². The van der Waals surface area contributed by atoms with E-state index in [-0.39, 0.29) is 24.2 Å². The Kier molecular flexibility index (Phi) is 14.6. The predicted octanol–water partition coefficient (Wildman–Crippen LogP) is 0.730. The predicted molar refractivity (Wildman–Crippen MR) is 128 cm³/mol. The molecule has 0 rings (SSSR count). The van der Waals surface area contributed by atoms with Crippen LogP contribution in [0.25, 0.3) is 0 Å². The van der Waals surface area contributed by atoms with Gasteiger partial charge >= 0.3 is 5.97 Å². The van der Waals surface area contributed by atoms with Gasteiger partial charge in [-0.1, -0.05) is 54.4 Å². The maximum absolute atomic E-state index is 13.1. The molecule has 0 saturated heterocycles. The van der Waals surface area contributed by atoms with Crippen LogP contribution in [-0.4, -0.2) is 59.5 Å². The van der Waals surface area contributed by atoms with Crippen LogP contribution in [0.5, 0.6) is 0 Å². The highest BCUT2D eigenvalue weighted by molar-refractivity contribution is 5.94. The first kappa shape index (κ1) is 30.8. The lowest BCUT2D eigenvalue weighted by Gasteiger charge is -2.30. The van der Waals surface area contributed by atoms with Gasteiger partial charge in [-0.05, 0) is 43.6 Å². The number of carboxylic acid groups (broad SMARTS) is 1. The quantitative estimate of drug-likeness (QED) is 0.180. The van der Waals surface area contributed by atoms with Gasteiger partial charge in [0.25, 0.3) is 0 Å². The number of carbonyl (C=O) groups excluding carboxylic acids is 3. The summed E-state index contributed by atoms with van der Waals surface area (Å²) < 4.78 is 0. The van der Waals surface area contributed by atoms with Crippen LogP contribution < -0.4 is 27.4 Å². The molecule has 0 aliphatic carbocycles. The third-order valence-corrected chi connectivity index (χ3v) is 6.16. The number of hydrogen-bond acceptors (Lipinski definition) is 6. The largest absolute Gasteiger partial charge is 0.480 e. The van der Waals surface area contributed by atoms with Crippen molar-refractivity contribution in [1.29, 1.82) is 0 Å². The van der Waals surface area contributed by atoms with Gasteiger partial charge in [0.2, 0.25) is 17.7 Å². The molecule has 8 N–H and O–H groups in total. The Balaban J connectivity index is 5.46. The van der Waals surface area contributed by atoms with Gasteiger partial charge in [-0.3, -0.25) is 14.4 Å². The van der Waals surface area contributed by atoms with Gasteiger partial charge < -0.3 is 32.5 Å². The molecule has 0 radical (unpaired) electrons. The molecule has 0 fully saturated rings. The van der Waals surface area contributed by atoms with E-state index in [1.54, 1.807) is 20.8 Å². The highest BCUT2D eigenvalue weighted by Gasteiger charge is 2.34. The standard InChI is InChI=1S/C23H45N5O5/c1-7-14(5)17(25)20(29)27-18(13(3)4)21(30)28-19(15(6)8-2)22(31)26-16(23(32)33)11-9-10-12-24/h13-19H,7-12,24-25H2,1-6H3,(H,26,31)(H,27,29)(H,28,30)(H,32,33). The molecule has 10 heteroatoms. The van der Waals surface area contributed by atoms with Gasteiger partial charge in [0.1, 0.15) is 18.1 Å². The third kappa shape index (κ3) is 10.5. The fourth-order valence-electron chi connectivity index (χ4n) is 3.25. The van der Waals surface area contributed by atoms with E-state index < -0.39 is 47.9 Å². The molecule has 0 heterocycles. The van der Waals surface area contributed by atoms with Crippen molar-refractivity contribution in [2.24, 2.45) is 29.2 Å². The zero-order chi connectivity index (χ0) is 25.7. The molecule has 10 nitrogen and oxygen atoms in total. The molecule has 0 aromatic heterocycles. The summed E-state index contributed by atoms with van der Waals surface area (Å²) in [5.41, 5.74) is 11.5. The number of unbranched alkanes of at least 4 members (excludes halogenated alkanes) is 1. The van der Waals surface area contributed by atoms with Crippen LogP contribution in [0.1, 0.15) is 73.6 Å². The van der Waals surface area contributed by atoms with E-state index in [9.17, 15) is 24.3 Å². The number of hydrogen-bond donors (Lipinski definition) is 6. The summed E-state index contributed by atoms with van der Waals surface area (Å²) in [6.07, 6.45) is 2.77. The zero-order valence-corrected chi connectivity index (χ0v) is 21.0. The second-order valence-corrected chi connectivity index (χ2v) is 9.20. The Morgan fingerprint density at radius 2 is 1.30 bits per heavy atom.